The van der Waals surface area contributed by atoms with E-state index in [1.165, 1.54) is 264 Å². The first-order valence-corrected chi connectivity index (χ1v) is 51.1. The average Bonchev–Trinajstić information content (AvgIpc) is 1.53. The lowest BCUT2D eigenvalue weighted by molar-refractivity contribution is 1.19. The van der Waals surface area contributed by atoms with Crippen LogP contribution < -0.4 is 0 Å². The molecule has 0 unspecified atom stereocenters. The molecule has 0 spiro atoms. The number of rotatable bonds is 4. The molecule has 0 aliphatic carbocycles. The Labute approximate surface area is 799 Å². The number of nitrogens with zero attached hydrogens (tertiary/aromatic N) is 9. The van der Waals surface area contributed by atoms with Crippen molar-refractivity contribution in [2.24, 2.45) is 0 Å². The molecule has 0 amide bonds. The molecule has 0 fully saturated rings. The summed E-state index contributed by atoms with van der Waals surface area (Å²) in [6, 6.07) is 127. The van der Waals surface area contributed by atoms with Crippen molar-refractivity contribution < 1.29 is 0 Å². The normalized spacial score (nSPS) is 12.4. The monoisotopic (exact) mass is 1850 g/mol. The fourth-order valence-corrected chi connectivity index (χ4v) is 31.4. The van der Waals surface area contributed by atoms with Crippen LogP contribution in [0.2, 0.25) is 0 Å². The lowest BCUT2D eigenvalue weighted by Gasteiger charge is -2.14. The van der Waals surface area contributed by atoms with Gasteiger partial charge in [-0.2, -0.15) is 0 Å². The second-order valence-corrected chi connectivity index (χ2v) is 42.6. The highest BCUT2D eigenvalue weighted by atomic mass is 32.1. The first-order chi connectivity index (χ1) is 67.5. The van der Waals surface area contributed by atoms with Gasteiger partial charge in [-0.25, -0.2) is 29.9 Å². The zero-order valence-electron chi connectivity index (χ0n) is 71.8. The summed E-state index contributed by atoms with van der Waals surface area (Å²) >= 11 is 13.0. The van der Waals surface area contributed by atoms with Crippen LogP contribution in [0.4, 0.5) is 0 Å². The Kier molecular flexibility index (Phi) is 16.0. The summed E-state index contributed by atoms with van der Waals surface area (Å²) in [5, 5.41) is 37.4. The van der Waals surface area contributed by atoms with E-state index in [1.807, 2.05) is 86.6 Å². The van der Waals surface area contributed by atoms with Crippen molar-refractivity contribution >= 4 is 351 Å². The number of hydrogen-bond donors (Lipinski definition) is 0. The van der Waals surface area contributed by atoms with Crippen LogP contribution in [-0.4, -0.2) is 43.6 Å². The number of benzene rings is 20. The van der Waals surface area contributed by atoms with Gasteiger partial charge < -0.3 is 13.7 Å². The van der Waals surface area contributed by atoms with Gasteiger partial charge in [-0.15, -0.1) is 79.4 Å². The second kappa shape index (κ2) is 28.8. The van der Waals surface area contributed by atoms with Gasteiger partial charge in [0, 0.05) is 154 Å². The van der Waals surface area contributed by atoms with Crippen LogP contribution in [0.3, 0.4) is 0 Å². The molecule has 9 nitrogen and oxygen atoms in total. The lowest BCUT2D eigenvalue weighted by atomic mass is 9.92. The zero-order chi connectivity index (χ0) is 88.4. The summed E-state index contributed by atoms with van der Waals surface area (Å²) in [5.41, 5.74) is 16.5. The largest absolute Gasteiger partial charge is 0.308 e. The van der Waals surface area contributed by atoms with Crippen LogP contribution in [0.1, 0.15) is 0 Å². The van der Waals surface area contributed by atoms with Crippen molar-refractivity contribution in [2.75, 3.05) is 0 Å². The van der Waals surface area contributed by atoms with Crippen molar-refractivity contribution in [1.29, 1.82) is 0 Å². The van der Waals surface area contributed by atoms with Crippen LogP contribution in [0.15, 0.2) is 383 Å². The number of aromatic nitrogens is 9. The van der Waals surface area contributed by atoms with Crippen LogP contribution in [0.25, 0.3) is 300 Å². The predicted molar refractivity (Wildman–Crippen MR) is 590 cm³/mol. The minimum absolute atomic E-state index is 1.03. The maximum absolute atomic E-state index is 4.88. The van der Waals surface area contributed by atoms with Crippen LogP contribution in [0, 0.1) is 0 Å². The molecule has 0 atom stereocenters. The molecule has 0 radical (unpaired) electrons. The molecular weight excluding hydrogens is 1790 g/mol. The molecule has 0 bridgehead atoms. The smallest absolute Gasteiger partial charge is 0.116 e. The van der Waals surface area contributed by atoms with Crippen LogP contribution >= 0.6 is 79.4 Å². The lowest BCUT2D eigenvalue weighted by Crippen LogP contribution is -1.95. The highest BCUT2D eigenvalue weighted by Crippen LogP contribution is 2.58. The summed E-state index contributed by atoms with van der Waals surface area (Å²) in [4.78, 5) is 27.9. The first kappa shape index (κ1) is 75.7. The summed E-state index contributed by atoms with van der Waals surface area (Å²) < 4.78 is 25.2. The van der Waals surface area contributed by atoms with Crippen molar-refractivity contribution in [3.05, 3.63) is 383 Å². The highest BCUT2D eigenvalue weighted by molar-refractivity contribution is 7.31. The van der Waals surface area contributed by atoms with Gasteiger partial charge in [-0.05, 0) is 155 Å². The molecule has 16 heteroatoms. The van der Waals surface area contributed by atoms with E-state index < -0.39 is 0 Å². The third kappa shape index (κ3) is 10.5. The quantitative estimate of drug-likeness (QED) is 0.163. The first-order valence-electron chi connectivity index (χ1n) is 45.4. The van der Waals surface area contributed by atoms with Gasteiger partial charge in [0.15, 0.2) is 0 Å². The van der Waals surface area contributed by atoms with Gasteiger partial charge in [0.05, 0.1) is 88.2 Å². The van der Waals surface area contributed by atoms with Crippen molar-refractivity contribution in [3.8, 4) is 28.2 Å². The van der Waals surface area contributed by atoms with E-state index >= 15 is 0 Å². The highest BCUT2D eigenvalue weighted by Gasteiger charge is 2.31. The Morgan fingerprint density at radius 1 is 0.176 bits per heavy atom. The zero-order valence-corrected chi connectivity index (χ0v) is 77.5. The maximum atomic E-state index is 4.88. The van der Waals surface area contributed by atoms with E-state index in [0.717, 1.165) is 36.3 Å². The molecule has 630 valence electrons. The van der Waals surface area contributed by atoms with Crippen LogP contribution in [0.5, 0.6) is 0 Å². The van der Waals surface area contributed by atoms with Gasteiger partial charge in [0.1, 0.15) is 19.0 Å². The number of thiophene rings is 7. The Balaban J connectivity index is 0.0000000957. The maximum Gasteiger partial charge on any atom is 0.116 e. The van der Waals surface area contributed by atoms with Crippen molar-refractivity contribution in [1.82, 2.24) is 43.6 Å². The molecule has 0 aliphatic heterocycles. The molecule has 0 saturated heterocycles. The van der Waals surface area contributed by atoms with Gasteiger partial charge in [-0.3, -0.25) is 0 Å². The number of fused-ring (bicyclic) bond motifs is 51. The molecule has 0 aliphatic rings. The van der Waals surface area contributed by atoms with Gasteiger partial charge in [-0.1, -0.05) is 267 Å². The molecule has 0 N–H and O–H groups in total. The molecule has 20 aromatic carbocycles. The summed E-state index contributed by atoms with van der Waals surface area (Å²) in [6.07, 6.45) is 11.0. The summed E-state index contributed by atoms with van der Waals surface area (Å²) in [6.45, 7) is 0. The van der Waals surface area contributed by atoms with Gasteiger partial charge >= 0.3 is 0 Å². The van der Waals surface area contributed by atoms with E-state index in [0.29, 0.717) is 0 Å². The van der Waals surface area contributed by atoms with Crippen LogP contribution in [-0.2, 0) is 0 Å². The molecule has 13 heterocycles. The van der Waals surface area contributed by atoms with Gasteiger partial charge in [0.25, 0.3) is 0 Å². The third-order valence-corrected chi connectivity index (χ3v) is 36.5. The number of para-hydroxylation sites is 3. The molecular formula is C120H63N9S7. The molecule has 33 aromatic rings. The Morgan fingerprint density at radius 2 is 0.478 bits per heavy atom. The van der Waals surface area contributed by atoms with Crippen molar-refractivity contribution in [3.63, 3.8) is 0 Å². The topological polar surface area (TPSA) is 92.1 Å². The molecule has 13 aromatic heterocycles. The predicted octanol–water partition coefficient (Wildman–Crippen LogP) is 35.9. The van der Waals surface area contributed by atoms with E-state index in [4.69, 9.17) is 15.0 Å². The Morgan fingerprint density at radius 3 is 0.912 bits per heavy atom. The standard InChI is InChI=1S/C46H25N3S2.C40H21N3S2.C34H17N3S3/c1-2-14-31-29(12-1)30-13-3-4-15-32(30)36-23-27(20-21-33(31)36)26-10-9-11-28(22-26)49-37-18-7-5-16-34(37)41-44(49)46-42(43-39(51-46)24-47-25-48-43)40-35-17-6-8-19-38(35)50-45(40)41;1-2-11-25-23(9-1)24-10-3-4-12-26(24)30-19-22(17-18-27(25)30)43-31-15-7-5-13-28(31)35-38(43)40-36(37-33(45-40)20-41-21-42-37)34-29-14-6-8-16-32(29)44-39(34)35;1-4-12-22-20(9-1)28-31(37(22)23-13-7-11-19-18-8-2-5-14-24(18)38-32(19)23)34-29(30-26(40-34)16-35-17-36-30)27-21-10-3-6-15-25(21)39-33(27)28/h1-25H;1-21H;1-17H. The molecule has 33 rings (SSSR count). The molecule has 136 heavy (non-hydrogen) atoms. The SMILES string of the molecule is c1cc(-c2ccc3c4ccccc4c4ccccc4c3c2)cc(-n2c3ccccc3c3c4sc5ccccc5c4c4c5ncncc5sc4c32)c1.c1ccc2c(c1)sc1c(-n3c4ccccc4c4c5sc6ccccc6c5c5c6ncncc6sc5c43)cccc12.c1ccc2c(c1)sc1c2c2c3ncncc3sc2c2c1c1ccccc1n2-c1ccc2c3ccccc3c3ccccc3c2c1. The summed E-state index contributed by atoms with van der Waals surface area (Å²) in [7, 11) is 0. The average molecular weight is 1860 g/mol. The fraction of sp³-hybridized carbons (Fsp3) is 0. The minimum Gasteiger partial charge on any atom is -0.308 e. The van der Waals surface area contributed by atoms with Gasteiger partial charge in [0.2, 0.25) is 0 Å². The fourth-order valence-electron chi connectivity index (χ4n) is 22.8. The van der Waals surface area contributed by atoms with Crippen molar-refractivity contribution in [2.45, 2.75) is 0 Å². The molecule has 0 saturated carbocycles. The van der Waals surface area contributed by atoms with E-state index in [-0.39, 0.29) is 0 Å². The minimum atomic E-state index is 1.03. The van der Waals surface area contributed by atoms with E-state index in [2.05, 4.69) is 374 Å². The van der Waals surface area contributed by atoms with E-state index in [1.54, 1.807) is 30.3 Å². The Bertz CT molecular complexity index is 11100. The second-order valence-electron chi connectivity index (χ2n) is 35.2. The summed E-state index contributed by atoms with van der Waals surface area (Å²) in [5.74, 6) is 0. The third-order valence-electron chi connectivity index (χ3n) is 28.3. The van der Waals surface area contributed by atoms with E-state index in [9.17, 15) is 0 Å². The Hall–Kier alpha value is -15.9. The number of hydrogen-bond acceptors (Lipinski definition) is 13.